The summed E-state index contributed by atoms with van der Waals surface area (Å²) in [7, 11) is 0. The quantitative estimate of drug-likeness (QED) is 0.207. The normalized spacial score (nSPS) is 10.8. The molecule has 4 rings (SSSR count). The van der Waals surface area contributed by atoms with Crippen LogP contribution in [0.2, 0.25) is 5.02 Å². The van der Waals surface area contributed by atoms with Crippen LogP contribution in [-0.4, -0.2) is 36.3 Å². The van der Waals surface area contributed by atoms with E-state index in [1.54, 1.807) is 23.0 Å². The van der Waals surface area contributed by atoms with Gasteiger partial charge in [-0.3, -0.25) is 14.9 Å². The summed E-state index contributed by atoms with van der Waals surface area (Å²) in [6, 6.07) is 12.8. The number of nitro benzene ring substituents is 1. The van der Waals surface area contributed by atoms with Crippen LogP contribution in [0.15, 0.2) is 66.1 Å². The van der Waals surface area contributed by atoms with Crippen molar-refractivity contribution in [2.75, 3.05) is 11.1 Å². The first-order chi connectivity index (χ1) is 14.5. The summed E-state index contributed by atoms with van der Waals surface area (Å²) in [5.74, 6) is -0.152. The summed E-state index contributed by atoms with van der Waals surface area (Å²) < 4.78 is 1.67. The van der Waals surface area contributed by atoms with E-state index >= 15 is 0 Å². The van der Waals surface area contributed by atoms with Crippen LogP contribution < -0.4 is 5.32 Å². The molecule has 30 heavy (non-hydrogen) atoms. The van der Waals surface area contributed by atoms with Crippen LogP contribution in [0.5, 0.6) is 0 Å². The summed E-state index contributed by atoms with van der Waals surface area (Å²) >= 11 is 7.19. The Morgan fingerprint density at radius 1 is 1.13 bits per heavy atom. The van der Waals surface area contributed by atoms with Crippen molar-refractivity contribution in [3.63, 3.8) is 0 Å². The van der Waals surface area contributed by atoms with E-state index in [0.717, 1.165) is 11.1 Å². The molecule has 0 fully saturated rings. The molecular weight excluding hydrogens is 428 g/mol. The molecule has 0 unspecified atom stereocenters. The van der Waals surface area contributed by atoms with Gasteiger partial charge in [-0.1, -0.05) is 23.4 Å². The van der Waals surface area contributed by atoms with E-state index in [9.17, 15) is 14.9 Å². The lowest BCUT2D eigenvalue weighted by atomic mass is 10.3. The number of aromatic nitrogens is 4. The van der Waals surface area contributed by atoms with Crippen LogP contribution >= 0.6 is 23.4 Å². The molecule has 0 spiro atoms. The lowest BCUT2D eigenvalue weighted by Gasteiger charge is -2.06. The lowest BCUT2D eigenvalue weighted by Crippen LogP contribution is -2.14. The Bertz CT molecular complexity index is 1230. The largest absolute Gasteiger partial charge is 0.325 e. The molecule has 4 aromatic rings. The highest BCUT2D eigenvalue weighted by molar-refractivity contribution is 8.00. The average molecular weight is 441 g/mol. The van der Waals surface area contributed by atoms with Gasteiger partial charge >= 0.3 is 0 Å². The first-order valence-corrected chi connectivity index (χ1v) is 9.99. The van der Waals surface area contributed by atoms with E-state index in [1.807, 2.05) is 12.1 Å². The SMILES string of the molecule is O=C(CSc1ncnc2c1cnn2-c1ccc(Cl)cc1)Nc1ccc([N+](=O)[O-])cc1. The number of anilines is 1. The first kappa shape index (κ1) is 19.8. The minimum atomic E-state index is -0.494. The Balaban J connectivity index is 1.47. The van der Waals surface area contributed by atoms with E-state index in [-0.39, 0.29) is 17.3 Å². The third kappa shape index (κ3) is 4.24. The highest BCUT2D eigenvalue weighted by Crippen LogP contribution is 2.26. The maximum absolute atomic E-state index is 12.3. The number of halogens is 1. The summed E-state index contributed by atoms with van der Waals surface area (Å²) in [4.78, 5) is 31.0. The fourth-order valence-electron chi connectivity index (χ4n) is 2.71. The van der Waals surface area contributed by atoms with Crippen LogP contribution in [0.25, 0.3) is 16.7 Å². The van der Waals surface area contributed by atoms with Gasteiger partial charge in [-0.25, -0.2) is 14.6 Å². The van der Waals surface area contributed by atoms with Crippen LogP contribution in [-0.2, 0) is 4.79 Å². The molecule has 2 heterocycles. The number of carbonyl (C=O) groups excluding carboxylic acids is 1. The molecule has 0 bridgehead atoms. The highest BCUT2D eigenvalue weighted by Gasteiger charge is 2.13. The molecule has 0 aliphatic carbocycles. The van der Waals surface area contributed by atoms with E-state index in [4.69, 9.17) is 11.6 Å². The Morgan fingerprint density at radius 3 is 2.57 bits per heavy atom. The van der Waals surface area contributed by atoms with Gasteiger partial charge in [0.2, 0.25) is 5.91 Å². The molecule has 0 radical (unpaired) electrons. The maximum atomic E-state index is 12.3. The number of non-ortho nitro benzene ring substituents is 1. The van der Waals surface area contributed by atoms with Gasteiger partial charge < -0.3 is 5.32 Å². The molecule has 2 aromatic heterocycles. The Hall–Kier alpha value is -3.50. The second-order valence-corrected chi connectivity index (χ2v) is 7.49. The van der Waals surface area contributed by atoms with Gasteiger partial charge in [-0.05, 0) is 36.4 Å². The number of rotatable bonds is 6. The van der Waals surface area contributed by atoms with Crippen LogP contribution in [0.3, 0.4) is 0 Å². The van der Waals surface area contributed by atoms with Crippen molar-refractivity contribution in [2.45, 2.75) is 5.03 Å². The number of nitrogens with zero attached hydrogens (tertiary/aromatic N) is 5. The zero-order valence-corrected chi connectivity index (χ0v) is 16.8. The smallest absolute Gasteiger partial charge is 0.269 e. The van der Waals surface area contributed by atoms with Gasteiger partial charge in [-0.15, -0.1) is 0 Å². The van der Waals surface area contributed by atoms with Crippen molar-refractivity contribution >= 4 is 51.7 Å². The predicted octanol–water partition coefficient (Wildman–Crippen LogP) is 4.11. The predicted molar refractivity (Wildman–Crippen MR) is 114 cm³/mol. The molecule has 2 aromatic carbocycles. The Labute approximate surface area is 179 Å². The number of hydrogen-bond donors (Lipinski definition) is 1. The monoisotopic (exact) mass is 440 g/mol. The van der Waals surface area contributed by atoms with Crippen molar-refractivity contribution in [3.8, 4) is 5.69 Å². The topological polar surface area (TPSA) is 116 Å². The molecule has 0 saturated carbocycles. The van der Waals surface area contributed by atoms with Crippen molar-refractivity contribution in [3.05, 3.63) is 76.2 Å². The lowest BCUT2D eigenvalue weighted by molar-refractivity contribution is -0.384. The molecular formula is C19H13ClN6O3S. The second-order valence-electron chi connectivity index (χ2n) is 6.09. The number of fused-ring (bicyclic) bond motifs is 1. The molecule has 150 valence electrons. The van der Waals surface area contributed by atoms with Gasteiger partial charge in [0, 0.05) is 22.8 Å². The summed E-state index contributed by atoms with van der Waals surface area (Å²) in [5, 5.41) is 19.7. The van der Waals surface area contributed by atoms with Crippen molar-refractivity contribution in [1.82, 2.24) is 19.7 Å². The van der Waals surface area contributed by atoms with Crippen LogP contribution in [0.1, 0.15) is 0 Å². The van der Waals surface area contributed by atoms with Crippen LogP contribution in [0, 0.1) is 10.1 Å². The zero-order chi connectivity index (χ0) is 21.1. The molecule has 1 N–H and O–H groups in total. The minimum Gasteiger partial charge on any atom is -0.325 e. The van der Waals surface area contributed by atoms with Crippen molar-refractivity contribution < 1.29 is 9.72 Å². The number of hydrogen-bond acceptors (Lipinski definition) is 7. The summed E-state index contributed by atoms with van der Waals surface area (Å²) in [6.07, 6.45) is 3.08. The fourth-order valence-corrected chi connectivity index (χ4v) is 3.59. The number of carbonyl (C=O) groups is 1. The number of benzene rings is 2. The van der Waals surface area contributed by atoms with Crippen molar-refractivity contribution in [2.24, 2.45) is 0 Å². The molecule has 0 aliphatic rings. The molecule has 0 aliphatic heterocycles. The summed E-state index contributed by atoms with van der Waals surface area (Å²) in [6.45, 7) is 0. The molecule has 9 nitrogen and oxygen atoms in total. The second kappa shape index (κ2) is 8.47. The molecule has 1 amide bonds. The van der Waals surface area contributed by atoms with Gasteiger partial charge in [0.25, 0.3) is 5.69 Å². The summed E-state index contributed by atoms with van der Waals surface area (Å²) in [5.41, 5.74) is 1.86. The fraction of sp³-hybridized carbons (Fsp3) is 0.0526. The van der Waals surface area contributed by atoms with Crippen LogP contribution in [0.4, 0.5) is 11.4 Å². The van der Waals surface area contributed by atoms with Gasteiger partial charge in [0.05, 0.1) is 27.9 Å². The highest BCUT2D eigenvalue weighted by atomic mass is 35.5. The van der Waals surface area contributed by atoms with Gasteiger partial charge in [-0.2, -0.15) is 5.10 Å². The van der Waals surface area contributed by atoms with E-state index in [1.165, 1.54) is 42.4 Å². The zero-order valence-electron chi connectivity index (χ0n) is 15.2. The average Bonchev–Trinajstić information content (AvgIpc) is 3.18. The number of nitrogens with one attached hydrogen (secondary N) is 1. The standard InChI is InChI=1S/C19H13ClN6O3S/c20-12-1-5-14(6-2-12)25-18-16(9-23-25)19(22-11-21-18)30-10-17(27)24-13-3-7-15(8-4-13)26(28)29/h1-9,11H,10H2,(H,24,27). The van der Waals surface area contributed by atoms with E-state index in [0.29, 0.717) is 21.4 Å². The van der Waals surface area contributed by atoms with E-state index < -0.39 is 4.92 Å². The van der Waals surface area contributed by atoms with Gasteiger partial charge in [0.15, 0.2) is 5.65 Å². The third-order valence-electron chi connectivity index (χ3n) is 4.10. The Kier molecular flexibility index (Phi) is 5.59. The van der Waals surface area contributed by atoms with Gasteiger partial charge in [0.1, 0.15) is 11.4 Å². The number of amides is 1. The molecule has 0 saturated heterocycles. The minimum absolute atomic E-state index is 0.0385. The first-order valence-electron chi connectivity index (χ1n) is 8.63. The number of nitro groups is 1. The maximum Gasteiger partial charge on any atom is 0.269 e. The molecule has 11 heteroatoms. The molecule has 0 atom stereocenters. The third-order valence-corrected chi connectivity index (χ3v) is 5.36. The van der Waals surface area contributed by atoms with Crippen molar-refractivity contribution in [1.29, 1.82) is 0 Å². The van der Waals surface area contributed by atoms with E-state index in [2.05, 4.69) is 20.4 Å². The number of thioether (sulfide) groups is 1. The Morgan fingerprint density at radius 2 is 1.87 bits per heavy atom.